The Morgan fingerprint density at radius 3 is 2.80 bits per heavy atom. The van der Waals surface area contributed by atoms with Crippen LogP contribution in [-0.2, 0) is 0 Å². The lowest BCUT2D eigenvalue weighted by Crippen LogP contribution is -2.44. The minimum Gasteiger partial charge on any atom is -0.399 e. The number of amides is 1. The highest BCUT2D eigenvalue weighted by Crippen LogP contribution is 2.33. The number of carbonyl (C=O) groups excluding carboxylic acids is 1. The number of hydrogen-bond acceptors (Lipinski definition) is 2. The number of benzene rings is 1. The number of anilines is 1. The van der Waals surface area contributed by atoms with Gasteiger partial charge in [0.2, 0.25) is 0 Å². The molecule has 2 N–H and O–H groups in total. The maximum Gasteiger partial charge on any atom is 0.254 e. The van der Waals surface area contributed by atoms with E-state index >= 15 is 0 Å². The second-order valence-corrected chi connectivity index (χ2v) is 6.07. The van der Waals surface area contributed by atoms with Crippen molar-refractivity contribution in [1.29, 1.82) is 0 Å². The Balaban J connectivity index is 0.00000200. The minimum absolute atomic E-state index is 0. The lowest BCUT2D eigenvalue weighted by Gasteiger charge is -2.40. The van der Waals surface area contributed by atoms with E-state index in [4.69, 9.17) is 5.73 Å². The van der Waals surface area contributed by atoms with Crippen molar-refractivity contribution >= 4 is 24.0 Å². The number of nitrogens with zero attached hydrogens (tertiary/aromatic N) is 1. The molecule has 1 aromatic carbocycles. The number of nitrogens with two attached hydrogens (primary N) is 1. The molecule has 2 rings (SSSR count). The number of piperidine rings is 1. The molecule has 3 nitrogen and oxygen atoms in total. The summed E-state index contributed by atoms with van der Waals surface area (Å²) in [5.41, 5.74) is 8.48. The Morgan fingerprint density at radius 1 is 1.45 bits per heavy atom. The SMILES string of the molecule is CCC1(C)CCCN(C(=O)c2cc(N)ccc2C)C1.Cl. The zero-order valence-corrected chi connectivity index (χ0v) is 13.4. The van der Waals surface area contributed by atoms with Crippen molar-refractivity contribution in [2.45, 2.75) is 40.0 Å². The third-order valence-corrected chi connectivity index (χ3v) is 4.41. The number of aryl methyl sites for hydroxylation is 1. The molecule has 1 saturated heterocycles. The van der Waals surface area contributed by atoms with E-state index in [0.717, 1.165) is 37.1 Å². The van der Waals surface area contributed by atoms with Crippen molar-refractivity contribution in [3.63, 3.8) is 0 Å². The molecule has 1 atom stereocenters. The second kappa shape index (κ2) is 6.49. The zero-order valence-electron chi connectivity index (χ0n) is 12.6. The number of carbonyl (C=O) groups is 1. The van der Waals surface area contributed by atoms with Crippen molar-refractivity contribution in [2.24, 2.45) is 5.41 Å². The van der Waals surface area contributed by atoms with E-state index < -0.39 is 0 Å². The third-order valence-electron chi connectivity index (χ3n) is 4.41. The van der Waals surface area contributed by atoms with E-state index in [1.54, 1.807) is 6.07 Å². The topological polar surface area (TPSA) is 46.3 Å². The van der Waals surface area contributed by atoms with E-state index in [2.05, 4.69) is 13.8 Å². The second-order valence-electron chi connectivity index (χ2n) is 6.07. The fourth-order valence-electron chi connectivity index (χ4n) is 2.82. The van der Waals surface area contributed by atoms with E-state index in [0.29, 0.717) is 5.69 Å². The van der Waals surface area contributed by atoms with Crippen molar-refractivity contribution in [3.8, 4) is 0 Å². The van der Waals surface area contributed by atoms with Gasteiger partial charge >= 0.3 is 0 Å². The summed E-state index contributed by atoms with van der Waals surface area (Å²) >= 11 is 0. The molecule has 1 amide bonds. The van der Waals surface area contributed by atoms with Gasteiger partial charge in [0.05, 0.1) is 0 Å². The van der Waals surface area contributed by atoms with Gasteiger partial charge in [0.1, 0.15) is 0 Å². The zero-order chi connectivity index (χ0) is 14.0. The average molecular weight is 297 g/mol. The number of rotatable bonds is 2. The van der Waals surface area contributed by atoms with Crippen molar-refractivity contribution in [1.82, 2.24) is 4.90 Å². The maximum atomic E-state index is 12.6. The van der Waals surface area contributed by atoms with E-state index in [-0.39, 0.29) is 23.7 Å². The Bertz CT molecular complexity index is 489. The monoisotopic (exact) mass is 296 g/mol. The quantitative estimate of drug-likeness (QED) is 0.847. The lowest BCUT2D eigenvalue weighted by atomic mass is 9.79. The van der Waals surface area contributed by atoms with Gasteiger partial charge in [-0.15, -0.1) is 12.4 Å². The highest BCUT2D eigenvalue weighted by Gasteiger charge is 2.32. The minimum atomic E-state index is 0. The summed E-state index contributed by atoms with van der Waals surface area (Å²) in [7, 11) is 0. The van der Waals surface area contributed by atoms with Crippen molar-refractivity contribution in [3.05, 3.63) is 29.3 Å². The fourth-order valence-corrected chi connectivity index (χ4v) is 2.82. The van der Waals surface area contributed by atoms with Crippen LogP contribution in [0.4, 0.5) is 5.69 Å². The molecule has 1 fully saturated rings. The summed E-state index contributed by atoms with van der Waals surface area (Å²) in [5.74, 6) is 0.129. The van der Waals surface area contributed by atoms with Gasteiger partial charge in [0, 0.05) is 24.3 Å². The molecule has 0 bridgehead atoms. The molecular weight excluding hydrogens is 272 g/mol. The highest BCUT2D eigenvalue weighted by atomic mass is 35.5. The molecule has 0 aromatic heterocycles. The van der Waals surface area contributed by atoms with Crippen LogP contribution in [0.25, 0.3) is 0 Å². The van der Waals surface area contributed by atoms with Crippen LogP contribution in [0.5, 0.6) is 0 Å². The smallest absolute Gasteiger partial charge is 0.254 e. The van der Waals surface area contributed by atoms with Crippen LogP contribution in [0.2, 0.25) is 0 Å². The lowest BCUT2D eigenvalue weighted by molar-refractivity contribution is 0.0542. The van der Waals surface area contributed by atoms with Gasteiger partial charge in [-0.05, 0) is 49.3 Å². The molecule has 1 aliphatic heterocycles. The van der Waals surface area contributed by atoms with E-state index in [9.17, 15) is 4.79 Å². The predicted octanol–water partition coefficient (Wildman–Crippen LogP) is 3.65. The maximum absolute atomic E-state index is 12.6. The average Bonchev–Trinajstić information content (AvgIpc) is 2.41. The molecule has 0 spiro atoms. The van der Waals surface area contributed by atoms with E-state index in [1.807, 2.05) is 24.0 Å². The summed E-state index contributed by atoms with van der Waals surface area (Å²) in [4.78, 5) is 14.6. The summed E-state index contributed by atoms with van der Waals surface area (Å²) < 4.78 is 0. The molecule has 112 valence electrons. The Labute approximate surface area is 127 Å². The largest absolute Gasteiger partial charge is 0.399 e. The molecule has 1 heterocycles. The van der Waals surface area contributed by atoms with Gasteiger partial charge in [0.15, 0.2) is 0 Å². The number of nitrogen functional groups attached to an aromatic ring is 1. The summed E-state index contributed by atoms with van der Waals surface area (Å²) in [6, 6.07) is 5.57. The molecule has 1 aromatic rings. The highest BCUT2D eigenvalue weighted by molar-refractivity contribution is 5.96. The van der Waals surface area contributed by atoms with Gasteiger partial charge in [-0.1, -0.05) is 19.9 Å². The molecule has 0 aliphatic carbocycles. The summed E-state index contributed by atoms with van der Waals surface area (Å²) in [6.07, 6.45) is 3.42. The van der Waals surface area contributed by atoms with Crippen LogP contribution in [0.1, 0.15) is 49.0 Å². The van der Waals surface area contributed by atoms with Crippen LogP contribution in [-0.4, -0.2) is 23.9 Å². The first-order valence-electron chi connectivity index (χ1n) is 7.10. The van der Waals surface area contributed by atoms with Crippen LogP contribution in [0.15, 0.2) is 18.2 Å². The molecule has 4 heteroatoms. The van der Waals surface area contributed by atoms with Gasteiger partial charge < -0.3 is 10.6 Å². The summed E-state index contributed by atoms with van der Waals surface area (Å²) in [6.45, 7) is 8.17. The van der Waals surface area contributed by atoms with Crippen LogP contribution in [0, 0.1) is 12.3 Å². The Kier molecular flexibility index (Phi) is 5.46. The van der Waals surface area contributed by atoms with Crippen molar-refractivity contribution in [2.75, 3.05) is 18.8 Å². The van der Waals surface area contributed by atoms with Crippen molar-refractivity contribution < 1.29 is 4.79 Å². The third kappa shape index (κ3) is 3.45. The molecule has 1 unspecified atom stereocenters. The number of hydrogen-bond donors (Lipinski definition) is 1. The fraction of sp³-hybridized carbons (Fsp3) is 0.562. The van der Waals surface area contributed by atoms with Crippen LogP contribution >= 0.6 is 12.4 Å². The molecule has 0 radical (unpaired) electrons. The van der Waals surface area contributed by atoms with Gasteiger partial charge in [-0.2, -0.15) is 0 Å². The number of likely N-dealkylation sites (tertiary alicyclic amines) is 1. The first-order chi connectivity index (χ1) is 8.95. The molecular formula is C16H25ClN2O. The standard InChI is InChI=1S/C16H24N2O.ClH/c1-4-16(3)8-5-9-18(11-16)15(19)14-10-13(17)7-6-12(14)2;/h6-7,10H,4-5,8-9,11,17H2,1-3H3;1H. The Hall–Kier alpha value is -1.22. The Morgan fingerprint density at radius 2 is 2.15 bits per heavy atom. The first-order valence-corrected chi connectivity index (χ1v) is 7.10. The van der Waals surface area contributed by atoms with Gasteiger partial charge in [-0.25, -0.2) is 0 Å². The van der Waals surface area contributed by atoms with Crippen LogP contribution < -0.4 is 5.73 Å². The molecule has 1 aliphatic rings. The predicted molar refractivity (Wildman–Crippen MR) is 86.4 cm³/mol. The van der Waals surface area contributed by atoms with Crippen LogP contribution in [0.3, 0.4) is 0 Å². The van der Waals surface area contributed by atoms with E-state index in [1.165, 1.54) is 6.42 Å². The van der Waals surface area contributed by atoms with Gasteiger partial charge in [-0.3, -0.25) is 4.79 Å². The molecule has 0 saturated carbocycles. The van der Waals surface area contributed by atoms with Gasteiger partial charge in [0.25, 0.3) is 5.91 Å². The summed E-state index contributed by atoms with van der Waals surface area (Å²) in [5, 5.41) is 0. The molecule has 20 heavy (non-hydrogen) atoms. The normalized spacial score (nSPS) is 22.2. The number of halogens is 1. The first kappa shape index (κ1) is 16.8.